The van der Waals surface area contributed by atoms with E-state index in [1.54, 1.807) is 16.7 Å². The maximum absolute atomic E-state index is 14.5. The normalized spacial score (nSPS) is 22.9. The van der Waals surface area contributed by atoms with Crippen molar-refractivity contribution in [1.29, 1.82) is 0 Å². The van der Waals surface area contributed by atoms with Gasteiger partial charge in [-0.25, -0.2) is 0 Å². The van der Waals surface area contributed by atoms with Gasteiger partial charge in [0.15, 0.2) is 0 Å². The van der Waals surface area contributed by atoms with Gasteiger partial charge in [-0.2, -0.15) is 0 Å². The third-order valence-electron chi connectivity index (χ3n) is 11.5. The molecule has 3 saturated heterocycles. The molecule has 55 heavy (non-hydrogen) atoms. The molecule has 3 fully saturated rings. The van der Waals surface area contributed by atoms with Crippen molar-refractivity contribution < 1.29 is 23.6 Å². The number of carbonyl (C=O) groups is 4. The van der Waals surface area contributed by atoms with Crippen molar-refractivity contribution in [2.24, 2.45) is 17.8 Å². The van der Waals surface area contributed by atoms with Gasteiger partial charge in [0.05, 0.1) is 5.37 Å². The second-order valence-corrected chi connectivity index (χ2v) is 16.5. The van der Waals surface area contributed by atoms with Gasteiger partial charge in [0.25, 0.3) is 0 Å². The molecule has 0 aliphatic carbocycles. The molecule has 0 spiro atoms. The fourth-order valence-corrected chi connectivity index (χ4v) is 9.94. The molecule has 3 aliphatic rings. The number of thioether (sulfide) groups is 1. The Balaban J connectivity index is 1.08. The summed E-state index contributed by atoms with van der Waals surface area (Å²) in [5.41, 5.74) is 2.91. The molecule has 1 N–H and O–H groups in total. The Hall–Kier alpha value is -4.77. The number of fused-ring (bicyclic) bond motifs is 1. The number of amides is 3. The standard InChI is InChI=1S/C44H51N5O5S/c50-39(29-35-24-26-55-40-21-12-20-38(49(40)43(35)52)42-47-45-30-54-42)33(27-31-13-4-1-5-14-31)22-23-34(28-32-15-6-2-7-16-32)41(51)46-37-19-10-11-25-48(44(37)53)36-17-8-3-9-18-36/h1-9,13-18,30,33-35,37-38,40H,10-12,19-29H2,(H,46,51)/t33-,34-,35-,37+,38+,40+/m1/s1. The summed E-state index contributed by atoms with van der Waals surface area (Å²) in [7, 11) is 0. The summed E-state index contributed by atoms with van der Waals surface area (Å²) < 4.78 is 5.59. The Morgan fingerprint density at radius 1 is 0.782 bits per heavy atom. The van der Waals surface area contributed by atoms with E-state index in [9.17, 15) is 19.2 Å². The Bertz CT molecular complexity index is 1860. The van der Waals surface area contributed by atoms with Crippen LogP contribution >= 0.6 is 11.8 Å². The molecule has 6 atom stereocenters. The molecule has 4 heterocycles. The van der Waals surface area contributed by atoms with Crippen molar-refractivity contribution in [2.45, 2.75) is 94.5 Å². The first-order chi connectivity index (χ1) is 26.9. The number of nitrogens with one attached hydrogen (secondary N) is 1. The van der Waals surface area contributed by atoms with Gasteiger partial charge in [-0.1, -0.05) is 78.9 Å². The average molecular weight is 762 g/mol. The van der Waals surface area contributed by atoms with Gasteiger partial charge < -0.3 is 19.5 Å². The third kappa shape index (κ3) is 9.73. The minimum Gasteiger partial charge on any atom is -0.426 e. The average Bonchev–Trinajstić information content (AvgIpc) is 3.64. The van der Waals surface area contributed by atoms with Crippen LogP contribution in [0, 0.1) is 17.8 Å². The lowest BCUT2D eigenvalue weighted by Gasteiger charge is -2.40. The van der Waals surface area contributed by atoms with Crippen LogP contribution < -0.4 is 10.2 Å². The summed E-state index contributed by atoms with van der Waals surface area (Å²) in [6, 6.07) is 28.7. The number of nitrogens with zero attached hydrogens (tertiary/aromatic N) is 4. The van der Waals surface area contributed by atoms with Crippen LogP contribution in [0.5, 0.6) is 0 Å². The smallest absolute Gasteiger partial charge is 0.249 e. The Labute approximate surface area is 327 Å². The predicted octanol–water partition coefficient (Wildman–Crippen LogP) is 7.36. The summed E-state index contributed by atoms with van der Waals surface area (Å²) in [5, 5.41) is 11.2. The molecule has 7 rings (SSSR count). The molecule has 1 aromatic heterocycles. The molecule has 288 valence electrons. The monoisotopic (exact) mass is 761 g/mol. The molecule has 4 aromatic rings. The highest BCUT2D eigenvalue weighted by molar-refractivity contribution is 7.99. The van der Waals surface area contributed by atoms with Crippen LogP contribution in [0.3, 0.4) is 0 Å². The zero-order chi connectivity index (χ0) is 38.0. The maximum Gasteiger partial charge on any atom is 0.249 e. The Kier molecular flexibility index (Phi) is 13.1. The number of rotatable bonds is 14. The van der Waals surface area contributed by atoms with Crippen molar-refractivity contribution >= 4 is 41.0 Å². The fraction of sp³-hybridized carbons (Fsp3) is 0.455. The van der Waals surface area contributed by atoms with E-state index < -0.39 is 17.9 Å². The van der Waals surface area contributed by atoms with Crippen LogP contribution in [0.2, 0.25) is 0 Å². The van der Waals surface area contributed by atoms with Crippen molar-refractivity contribution in [3.05, 3.63) is 114 Å². The first-order valence-electron chi connectivity index (χ1n) is 19.9. The minimum atomic E-state index is -0.621. The number of anilines is 1. The molecule has 3 amide bonds. The molecule has 0 radical (unpaired) electrons. The molecule has 0 bridgehead atoms. The highest BCUT2D eigenvalue weighted by atomic mass is 32.2. The molecule has 0 saturated carbocycles. The van der Waals surface area contributed by atoms with Crippen LogP contribution in [-0.2, 0) is 32.0 Å². The topological polar surface area (TPSA) is 126 Å². The van der Waals surface area contributed by atoms with Crippen LogP contribution in [0.25, 0.3) is 0 Å². The van der Waals surface area contributed by atoms with Crippen molar-refractivity contribution in [2.75, 3.05) is 17.2 Å². The fourth-order valence-electron chi connectivity index (χ4n) is 8.50. The van der Waals surface area contributed by atoms with Crippen LogP contribution in [-0.4, -0.2) is 62.3 Å². The lowest BCUT2D eigenvalue weighted by atomic mass is 9.82. The zero-order valence-electron chi connectivity index (χ0n) is 31.3. The van der Waals surface area contributed by atoms with Gasteiger partial charge in [-0.3, -0.25) is 19.2 Å². The number of para-hydroxylation sites is 1. The summed E-state index contributed by atoms with van der Waals surface area (Å²) >= 11 is 1.78. The van der Waals surface area contributed by atoms with Crippen LogP contribution in [0.4, 0.5) is 5.69 Å². The summed E-state index contributed by atoms with van der Waals surface area (Å²) in [6.45, 7) is 0.615. The highest BCUT2D eigenvalue weighted by Gasteiger charge is 2.43. The van der Waals surface area contributed by atoms with E-state index >= 15 is 0 Å². The van der Waals surface area contributed by atoms with Crippen molar-refractivity contribution in [3.63, 3.8) is 0 Å². The summed E-state index contributed by atoms with van der Waals surface area (Å²) in [6.07, 6.45) is 8.97. The van der Waals surface area contributed by atoms with Gasteiger partial charge >= 0.3 is 0 Å². The summed E-state index contributed by atoms with van der Waals surface area (Å²) in [5.74, 6) is -0.233. The largest absolute Gasteiger partial charge is 0.426 e. The third-order valence-corrected chi connectivity index (χ3v) is 12.8. The number of piperidine rings is 1. The number of benzene rings is 3. The Morgan fingerprint density at radius 3 is 2.15 bits per heavy atom. The second kappa shape index (κ2) is 18.7. The molecular formula is C44H51N5O5S. The Morgan fingerprint density at radius 2 is 1.45 bits per heavy atom. The van der Waals surface area contributed by atoms with E-state index in [2.05, 4.69) is 15.5 Å². The molecule has 3 aromatic carbocycles. The number of Topliss-reactive ketones (excluding diaryl/α,β-unsaturated/α-hetero) is 1. The summed E-state index contributed by atoms with van der Waals surface area (Å²) in [4.78, 5) is 60.6. The van der Waals surface area contributed by atoms with E-state index in [1.165, 1.54) is 6.39 Å². The lowest BCUT2D eigenvalue weighted by Crippen LogP contribution is -2.49. The zero-order valence-corrected chi connectivity index (χ0v) is 32.2. The SMILES string of the molecule is O=C(C[C@H]1CCS[C@H]2CCC[C@@H](c3nnco3)N2C1=O)[C@H](CC[C@H](Cc1ccccc1)C(=O)N[C@H]1CCCCN(c2ccccc2)C1=O)Cc1ccccc1. The van der Waals surface area contributed by atoms with E-state index in [1.807, 2.05) is 95.9 Å². The number of aromatic nitrogens is 2. The van der Waals surface area contributed by atoms with E-state index in [4.69, 9.17) is 4.42 Å². The van der Waals surface area contributed by atoms with E-state index in [0.29, 0.717) is 51.0 Å². The number of carbonyl (C=O) groups excluding carboxylic acids is 4. The quantitative estimate of drug-likeness (QED) is 0.141. The van der Waals surface area contributed by atoms with Gasteiger partial charge in [0, 0.05) is 36.4 Å². The minimum absolute atomic E-state index is 0.0105. The number of ketones is 1. The lowest BCUT2D eigenvalue weighted by molar-refractivity contribution is -0.143. The van der Waals surface area contributed by atoms with E-state index in [0.717, 1.165) is 54.7 Å². The molecule has 10 nitrogen and oxygen atoms in total. The molecule has 11 heteroatoms. The molecular weight excluding hydrogens is 711 g/mol. The first-order valence-corrected chi connectivity index (χ1v) is 21.0. The van der Waals surface area contributed by atoms with Crippen LogP contribution in [0.15, 0.2) is 102 Å². The van der Waals surface area contributed by atoms with Crippen LogP contribution in [0.1, 0.15) is 87.3 Å². The number of hydrogen-bond acceptors (Lipinski definition) is 8. The van der Waals surface area contributed by atoms with E-state index in [-0.39, 0.29) is 47.3 Å². The highest BCUT2D eigenvalue weighted by Crippen LogP contribution is 2.42. The molecule has 0 unspecified atom stereocenters. The second-order valence-electron chi connectivity index (χ2n) is 15.2. The predicted molar refractivity (Wildman–Crippen MR) is 213 cm³/mol. The van der Waals surface area contributed by atoms with Gasteiger partial charge in [-0.05, 0) is 99.6 Å². The van der Waals surface area contributed by atoms with Gasteiger partial charge in [0.1, 0.15) is 17.9 Å². The number of hydrogen-bond donors (Lipinski definition) is 1. The van der Waals surface area contributed by atoms with Crippen molar-refractivity contribution in [3.8, 4) is 0 Å². The first kappa shape index (κ1) is 38.5. The molecule has 3 aliphatic heterocycles. The van der Waals surface area contributed by atoms with Crippen molar-refractivity contribution in [1.82, 2.24) is 20.4 Å². The van der Waals surface area contributed by atoms with Gasteiger partial charge in [-0.15, -0.1) is 22.0 Å². The maximum atomic E-state index is 14.5. The van der Waals surface area contributed by atoms with Gasteiger partial charge in [0.2, 0.25) is 30.0 Å².